The van der Waals surface area contributed by atoms with Crippen molar-refractivity contribution in [1.82, 2.24) is 0 Å². The average molecular weight is 378 g/mol. The van der Waals surface area contributed by atoms with E-state index in [1.807, 2.05) is 31.2 Å². The first-order valence-electron chi connectivity index (χ1n) is 10.3. The fourth-order valence-electron chi connectivity index (χ4n) is 6.37. The molecule has 1 aromatic carbocycles. The molecule has 1 heterocycles. The number of hydrogen-bond donors (Lipinski definition) is 1. The predicted octanol–water partition coefficient (Wildman–Crippen LogP) is 4.49. The molecule has 0 spiro atoms. The van der Waals surface area contributed by atoms with Crippen LogP contribution in [0.4, 0.5) is 0 Å². The van der Waals surface area contributed by atoms with E-state index in [1.54, 1.807) is 6.07 Å². The molecule has 5 rings (SSSR count). The highest BCUT2D eigenvalue weighted by atomic mass is 16.4. The van der Waals surface area contributed by atoms with Gasteiger partial charge in [-0.25, -0.2) is 4.79 Å². The molecular weight excluding hydrogens is 352 g/mol. The summed E-state index contributed by atoms with van der Waals surface area (Å²) in [5.74, 6) is 1.35. The van der Waals surface area contributed by atoms with E-state index in [2.05, 4.69) is 6.92 Å². The second-order valence-electron chi connectivity index (χ2n) is 9.13. The van der Waals surface area contributed by atoms with Crippen LogP contribution >= 0.6 is 0 Å². The number of aliphatic hydroxyl groups is 1. The lowest BCUT2D eigenvalue weighted by Crippen LogP contribution is -2.48. The van der Waals surface area contributed by atoms with Gasteiger partial charge in [-0.1, -0.05) is 30.7 Å². The molecule has 4 heteroatoms. The number of carbonyl (C=O) groups is 1. The molecule has 4 nitrogen and oxygen atoms in total. The molecule has 2 fully saturated rings. The van der Waals surface area contributed by atoms with Gasteiger partial charge in [0.05, 0.1) is 5.39 Å². The molecule has 1 N–H and O–H groups in total. The number of hydrogen-bond acceptors (Lipinski definition) is 4. The first kappa shape index (κ1) is 17.9. The van der Waals surface area contributed by atoms with Gasteiger partial charge in [0.25, 0.3) is 0 Å². The summed E-state index contributed by atoms with van der Waals surface area (Å²) < 4.78 is 5.69. The van der Waals surface area contributed by atoms with Crippen LogP contribution in [0.15, 0.2) is 50.7 Å². The largest absolute Gasteiger partial charge is 0.424 e. The Morgan fingerprint density at radius 3 is 2.71 bits per heavy atom. The minimum Gasteiger partial charge on any atom is -0.424 e. The van der Waals surface area contributed by atoms with Crippen molar-refractivity contribution >= 4 is 16.6 Å². The Labute approximate surface area is 164 Å². The molecule has 3 aliphatic carbocycles. The summed E-state index contributed by atoms with van der Waals surface area (Å²) in [5.41, 5.74) is 0.361. The van der Waals surface area contributed by atoms with Gasteiger partial charge in [0.1, 0.15) is 11.4 Å². The lowest BCUT2D eigenvalue weighted by atomic mass is 9.55. The third-order valence-corrected chi connectivity index (χ3v) is 8.09. The highest BCUT2D eigenvalue weighted by Gasteiger charge is 2.62. The van der Waals surface area contributed by atoms with Crippen molar-refractivity contribution in [1.29, 1.82) is 0 Å². The molecule has 146 valence electrons. The van der Waals surface area contributed by atoms with E-state index in [4.69, 9.17) is 4.42 Å². The molecule has 4 atom stereocenters. The SMILES string of the molecule is CC1=C2CC[C@@]3(C)[C@@H](CC[C@@]3(O)c3cc4ccccc4c(=O)o3)[C@@H]2CCC1=O. The molecule has 0 saturated heterocycles. The highest BCUT2D eigenvalue weighted by molar-refractivity contribution is 5.96. The van der Waals surface area contributed by atoms with Crippen LogP contribution in [0.1, 0.15) is 58.1 Å². The minimum absolute atomic E-state index is 0.281. The van der Waals surface area contributed by atoms with E-state index in [-0.39, 0.29) is 16.8 Å². The van der Waals surface area contributed by atoms with Gasteiger partial charge >= 0.3 is 5.63 Å². The Morgan fingerprint density at radius 1 is 1.11 bits per heavy atom. The Balaban J connectivity index is 1.61. The normalized spacial score (nSPS) is 35.2. The zero-order chi connectivity index (χ0) is 19.7. The number of Topliss-reactive ketones (excluding diaryl/α,β-unsaturated/α-hetero) is 1. The summed E-state index contributed by atoms with van der Waals surface area (Å²) in [5, 5.41) is 13.2. The summed E-state index contributed by atoms with van der Waals surface area (Å²) in [6.45, 7) is 4.12. The maximum Gasteiger partial charge on any atom is 0.343 e. The Hall–Kier alpha value is -2.20. The van der Waals surface area contributed by atoms with E-state index in [0.717, 1.165) is 36.6 Å². The third-order valence-electron chi connectivity index (χ3n) is 8.09. The van der Waals surface area contributed by atoms with Crippen LogP contribution in [0.3, 0.4) is 0 Å². The molecule has 0 amide bonds. The van der Waals surface area contributed by atoms with Gasteiger partial charge in [-0.05, 0) is 74.0 Å². The third kappa shape index (κ3) is 2.21. The van der Waals surface area contributed by atoms with Crippen LogP contribution in [-0.2, 0) is 10.4 Å². The van der Waals surface area contributed by atoms with Gasteiger partial charge in [0, 0.05) is 11.8 Å². The van der Waals surface area contributed by atoms with Crippen molar-refractivity contribution in [2.24, 2.45) is 17.3 Å². The number of benzene rings is 1. The minimum atomic E-state index is -1.15. The van der Waals surface area contributed by atoms with Crippen molar-refractivity contribution < 1.29 is 14.3 Å². The maximum absolute atomic E-state index is 12.5. The van der Waals surface area contributed by atoms with Crippen molar-refractivity contribution in [3.8, 4) is 0 Å². The van der Waals surface area contributed by atoms with Gasteiger partial charge in [-0.3, -0.25) is 4.79 Å². The van der Waals surface area contributed by atoms with Crippen LogP contribution in [-0.4, -0.2) is 10.9 Å². The molecule has 3 aliphatic rings. The summed E-state index contributed by atoms with van der Waals surface area (Å²) in [4.78, 5) is 24.7. The molecule has 0 bridgehead atoms. The standard InChI is InChI=1S/C24H26O4/c1-14-16-9-11-23(2)19(18(16)7-8-20(14)25)10-12-24(23,27)21-13-15-5-3-4-6-17(15)22(26)28-21/h3-6,13,18-19,27H,7-12H2,1-2H3/t18-,19+,23+,24-/m1/s1. The molecule has 2 saturated carbocycles. The van der Waals surface area contributed by atoms with Crippen LogP contribution in [0.2, 0.25) is 0 Å². The van der Waals surface area contributed by atoms with Crippen LogP contribution in [0.5, 0.6) is 0 Å². The fourth-order valence-corrected chi connectivity index (χ4v) is 6.37. The number of rotatable bonds is 1. The molecular formula is C24H26O4. The van der Waals surface area contributed by atoms with E-state index in [9.17, 15) is 14.7 Å². The van der Waals surface area contributed by atoms with E-state index < -0.39 is 5.60 Å². The van der Waals surface area contributed by atoms with Crippen LogP contribution in [0.25, 0.3) is 10.8 Å². The summed E-state index contributed by atoms with van der Waals surface area (Å²) >= 11 is 0. The summed E-state index contributed by atoms with van der Waals surface area (Å²) in [7, 11) is 0. The number of allylic oxidation sites excluding steroid dienone is 2. The zero-order valence-corrected chi connectivity index (χ0v) is 16.5. The lowest BCUT2D eigenvalue weighted by Gasteiger charge is -2.50. The molecule has 1 aromatic heterocycles. The van der Waals surface area contributed by atoms with Crippen LogP contribution in [0, 0.1) is 17.3 Å². The second kappa shape index (κ2) is 5.90. The van der Waals surface area contributed by atoms with Gasteiger partial charge < -0.3 is 9.52 Å². The molecule has 0 unspecified atom stereocenters. The molecule has 0 aliphatic heterocycles. The Kier molecular flexibility index (Phi) is 3.76. The summed E-state index contributed by atoms with van der Waals surface area (Å²) in [6.07, 6.45) is 4.61. The summed E-state index contributed by atoms with van der Waals surface area (Å²) in [6, 6.07) is 9.22. The second-order valence-corrected chi connectivity index (χ2v) is 9.13. The maximum atomic E-state index is 12.5. The van der Waals surface area contributed by atoms with Gasteiger partial charge in [-0.2, -0.15) is 0 Å². The van der Waals surface area contributed by atoms with Gasteiger partial charge in [0.15, 0.2) is 5.78 Å². The van der Waals surface area contributed by atoms with Crippen molar-refractivity contribution in [2.75, 3.05) is 0 Å². The van der Waals surface area contributed by atoms with Crippen molar-refractivity contribution in [2.45, 2.75) is 58.0 Å². The zero-order valence-electron chi connectivity index (χ0n) is 16.5. The topological polar surface area (TPSA) is 67.5 Å². The van der Waals surface area contributed by atoms with Gasteiger partial charge in [-0.15, -0.1) is 0 Å². The molecule has 28 heavy (non-hydrogen) atoms. The average Bonchev–Trinajstić information content (AvgIpc) is 2.97. The molecule has 0 radical (unpaired) electrons. The molecule has 2 aromatic rings. The fraction of sp³-hybridized carbons (Fsp3) is 0.500. The smallest absolute Gasteiger partial charge is 0.343 e. The first-order chi connectivity index (χ1) is 13.3. The number of carbonyl (C=O) groups excluding carboxylic acids is 1. The van der Waals surface area contributed by atoms with Crippen LogP contribution < -0.4 is 5.63 Å². The van der Waals surface area contributed by atoms with E-state index in [1.165, 1.54) is 5.57 Å². The lowest BCUT2D eigenvalue weighted by molar-refractivity contribution is -0.120. The predicted molar refractivity (Wildman–Crippen MR) is 107 cm³/mol. The number of fused-ring (bicyclic) bond motifs is 4. The monoisotopic (exact) mass is 378 g/mol. The Morgan fingerprint density at radius 2 is 1.89 bits per heavy atom. The first-order valence-corrected chi connectivity index (χ1v) is 10.3. The van der Waals surface area contributed by atoms with E-state index >= 15 is 0 Å². The van der Waals surface area contributed by atoms with Gasteiger partial charge in [0.2, 0.25) is 0 Å². The highest BCUT2D eigenvalue weighted by Crippen LogP contribution is 2.65. The number of ketones is 1. The van der Waals surface area contributed by atoms with Crippen molar-refractivity contribution in [3.05, 3.63) is 57.7 Å². The Bertz CT molecular complexity index is 1080. The van der Waals surface area contributed by atoms with E-state index in [0.29, 0.717) is 35.8 Å². The van der Waals surface area contributed by atoms with Crippen molar-refractivity contribution in [3.63, 3.8) is 0 Å². The quantitative estimate of drug-likeness (QED) is 0.794.